The van der Waals surface area contributed by atoms with Gasteiger partial charge >= 0.3 is 0 Å². The van der Waals surface area contributed by atoms with Gasteiger partial charge in [-0.15, -0.1) is 0 Å². The summed E-state index contributed by atoms with van der Waals surface area (Å²) in [7, 11) is -2.77. The average Bonchev–Trinajstić information content (AvgIpc) is 3.13. The standard InChI is InChI=1S/C43H50O4Si/c1-33(31-47-48(42(3,4)5,38-27-17-9-18-28-38)39-29-19-10-20-30-39)41(45)34(2)40(44)32-46-43(35-21-11-6-12-22-35,36-23-13-7-14-24-36)37-25-15-8-16-26-37/h6-30,33-34,40-41,44-45H,31-32H2,1-5H3/t33-,34-,40-,41+/m0/s1. The highest BCUT2D eigenvalue weighted by atomic mass is 28.4. The molecule has 5 aromatic rings. The lowest BCUT2D eigenvalue weighted by atomic mass is 9.80. The van der Waals surface area contributed by atoms with Gasteiger partial charge in [-0.05, 0) is 32.1 Å². The van der Waals surface area contributed by atoms with Crippen LogP contribution in [0.5, 0.6) is 0 Å². The molecule has 0 fully saturated rings. The molecule has 5 rings (SSSR count). The lowest BCUT2D eigenvalue weighted by molar-refractivity contribution is -0.0833. The third-order valence-corrected chi connectivity index (χ3v) is 14.7. The van der Waals surface area contributed by atoms with Gasteiger partial charge in [-0.25, -0.2) is 0 Å². The van der Waals surface area contributed by atoms with E-state index in [1.165, 1.54) is 10.4 Å². The average molecular weight is 659 g/mol. The van der Waals surface area contributed by atoms with Gasteiger partial charge in [-0.2, -0.15) is 0 Å². The molecule has 48 heavy (non-hydrogen) atoms. The molecule has 0 aliphatic heterocycles. The highest BCUT2D eigenvalue weighted by molar-refractivity contribution is 6.99. The lowest BCUT2D eigenvalue weighted by Gasteiger charge is -2.44. The van der Waals surface area contributed by atoms with Gasteiger partial charge in [0, 0.05) is 18.4 Å². The largest absolute Gasteiger partial charge is 0.407 e. The number of aliphatic hydroxyl groups excluding tert-OH is 2. The van der Waals surface area contributed by atoms with Crippen LogP contribution in [-0.2, 0) is 14.8 Å². The summed E-state index contributed by atoms with van der Waals surface area (Å²) in [4.78, 5) is 0. The van der Waals surface area contributed by atoms with Crippen molar-refractivity contribution in [2.75, 3.05) is 13.2 Å². The molecule has 5 heteroatoms. The van der Waals surface area contributed by atoms with Gasteiger partial charge in [0.25, 0.3) is 8.32 Å². The molecule has 0 heterocycles. The summed E-state index contributed by atoms with van der Waals surface area (Å²) in [6, 6.07) is 51.5. The van der Waals surface area contributed by atoms with Crippen molar-refractivity contribution in [3.63, 3.8) is 0 Å². The number of benzene rings is 5. The summed E-state index contributed by atoms with van der Waals surface area (Å²) in [6.07, 6.45) is -1.74. The van der Waals surface area contributed by atoms with E-state index in [0.717, 1.165) is 16.7 Å². The highest BCUT2D eigenvalue weighted by Crippen LogP contribution is 2.41. The SMILES string of the molecule is C[C@H]([C@H](O)[C@@H](C)CO[Si](c1ccccc1)(c1ccccc1)C(C)(C)C)[C@@H](O)COC(c1ccccc1)(c1ccccc1)c1ccccc1. The molecule has 0 amide bonds. The number of hydrogen-bond acceptors (Lipinski definition) is 4. The van der Waals surface area contributed by atoms with Crippen LogP contribution in [0.15, 0.2) is 152 Å². The Morgan fingerprint density at radius 3 is 1.25 bits per heavy atom. The predicted molar refractivity (Wildman–Crippen MR) is 199 cm³/mol. The molecule has 0 radical (unpaired) electrons. The highest BCUT2D eigenvalue weighted by Gasteiger charge is 2.50. The predicted octanol–water partition coefficient (Wildman–Crippen LogP) is 7.57. The van der Waals surface area contributed by atoms with E-state index in [2.05, 4.69) is 106 Å². The summed E-state index contributed by atoms with van der Waals surface area (Å²) in [6.45, 7) is 11.0. The van der Waals surface area contributed by atoms with Crippen LogP contribution in [0.2, 0.25) is 5.04 Å². The molecule has 250 valence electrons. The van der Waals surface area contributed by atoms with Crippen LogP contribution < -0.4 is 10.4 Å². The Balaban J connectivity index is 1.38. The van der Waals surface area contributed by atoms with Crippen LogP contribution in [0, 0.1) is 11.8 Å². The van der Waals surface area contributed by atoms with E-state index in [0.29, 0.717) is 6.61 Å². The molecule has 0 aliphatic carbocycles. The molecule has 0 saturated heterocycles. The van der Waals surface area contributed by atoms with Crippen LogP contribution in [-0.4, -0.2) is 44.0 Å². The first kappa shape index (κ1) is 35.5. The van der Waals surface area contributed by atoms with Crippen LogP contribution in [0.25, 0.3) is 0 Å². The van der Waals surface area contributed by atoms with Crippen LogP contribution in [0.4, 0.5) is 0 Å². The zero-order valence-electron chi connectivity index (χ0n) is 28.9. The second-order valence-electron chi connectivity index (χ2n) is 14.0. The van der Waals surface area contributed by atoms with Crippen molar-refractivity contribution in [2.24, 2.45) is 11.8 Å². The number of aliphatic hydroxyl groups is 2. The van der Waals surface area contributed by atoms with Gasteiger partial charge in [0.15, 0.2) is 0 Å². The minimum atomic E-state index is -2.77. The third kappa shape index (κ3) is 7.26. The molecule has 0 spiro atoms. The molecule has 0 unspecified atom stereocenters. The van der Waals surface area contributed by atoms with E-state index < -0.39 is 32.0 Å². The van der Waals surface area contributed by atoms with E-state index in [9.17, 15) is 10.2 Å². The first-order valence-electron chi connectivity index (χ1n) is 17.0. The van der Waals surface area contributed by atoms with E-state index in [1.54, 1.807) is 0 Å². The first-order chi connectivity index (χ1) is 23.1. The Hall–Kier alpha value is -3.84. The molecule has 0 aliphatic rings. The monoisotopic (exact) mass is 658 g/mol. The van der Waals surface area contributed by atoms with Crippen LogP contribution in [0.3, 0.4) is 0 Å². The van der Waals surface area contributed by atoms with Gasteiger partial charge in [-0.3, -0.25) is 0 Å². The number of ether oxygens (including phenoxy) is 1. The van der Waals surface area contributed by atoms with Crippen molar-refractivity contribution >= 4 is 18.7 Å². The van der Waals surface area contributed by atoms with Crippen molar-refractivity contribution < 1.29 is 19.4 Å². The van der Waals surface area contributed by atoms with Gasteiger partial charge in [0.05, 0.1) is 18.8 Å². The minimum absolute atomic E-state index is 0.0270. The van der Waals surface area contributed by atoms with Crippen molar-refractivity contribution in [1.29, 1.82) is 0 Å². The topological polar surface area (TPSA) is 58.9 Å². The fraction of sp³-hybridized carbons (Fsp3) is 0.302. The molecule has 2 N–H and O–H groups in total. The Kier molecular flexibility index (Phi) is 11.5. The summed E-state index contributed by atoms with van der Waals surface area (Å²) < 4.78 is 14.0. The number of rotatable bonds is 14. The van der Waals surface area contributed by atoms with Gasteiger partial charge in [-0.1, -0.05) is 186 Å². The third-order valence-electron chi connectivity index (χ3n) is 9.72. The fourth-order valence-corrected chi connectivity index (χ4v) is 11.7. The maximum atomic E-state index is 11.7. The maximum Gasteiger partial charge on any atom is 0.261 e. The summed E-state index contributed by atoms with van der Waals surface area (Å²) in [5.74, 6) is -0.707. The first-order valence-corrected chi connectivity index (χ1v) is 18.9. The van der Waals surface area contributed by atoms with E-state index >= 15 is 0 Å². The second kappa shape index (κ2) is 15.6. The molecular weight excluding hydrogens is 609 g/mol. The summed E-state index contributed by atoms with van der Waals surface area (Å²) >= 11 is 0. The smallest absolute Gasteiger partial charge is 0.261 e. The fourth-order valence-electron chi connectivity index (χ4n) is 6.99. The van der Waals surface area contributed by atoms with E-state index in [1.807, 2.05) is 80.6 Å². The van der Waals surface area contributed by atoms with Crippen molar-refractivity contribution in [3.8, 4) is 0 Å². The molecule has 5 aromatic carbocycles. The van der Waals surface area contributed by atoms with Crippen molar-refractivity contribution in [1.82, 2.24) is 0 Å². The molecule has 0 bridgehead atoms. The lowest BCUT2D eigenvalue weighted by Crippen LogP contribution is -2.67. The second-order valence-corrected chi connectivity index (χ2v) is 18.3. The van der Waals surface area contributed by atoms with E-state index in [-0.39, 0.29) is 17.6 Å². The minimum Gasteiger partial charge on any atom is -0.407 e. The van der Waals surface area contributed by atoms with Crippen molar-refractivity contribution in [3.05, 3.63) is 168 Å². The van der Waals surface area contributed by atoms with Gasteiger partial charge in [0.1, 0.15) is 5.60 Å². The molecule has 4 atom stereocenters. The van der Waals surface area contributed by atoms with E-state index in [4.69, 9.17) is 9.16 Å². The quantitative estimate of drug-likeness (QED) is 0.0955. The van der Waals surface area contributed by atoms with Crippen LogP contribution >= 0.6 is 0 Å². The summed E-state index contributed by atoms with van der Waals surface area (Å²) in [5, 5.41) is 25.6. The maximum absolute atomic E-state index is 11.7. The van der Waals surface area contributed by atoms with Crippen molar-refractivity contribution in [2.45, 2.75) is 57.5 Å². The van der Waals surface area contributed by atoms with Crippen LogP contribution in [0.1, 0.15) is 51.3 Å². The molecular formula is C43H50O4Si. The molecule has 4 nitrogen and oxygen atoms in total. The Morgan fingerprint density at radius 2 is 0.896 bits per heavy atom. The Bertz CT molecular complexity index is 1520. The Morgan fingerprint density at radius 1 is 0.542 bits per heavy atom. The molecule has 0 aromatic heterocycles. The van der Waals surface area contributed by atoms with Gasteiger partial charge < -0.3 is 19.4 Å². The van der Waals surface area contributed by atoms with Gasteiger partial charge in [0.2, 0.25) is 0 Å². The zero-order valence-corrected chi connectivity index (χ0v) is 29.9. The zero-order chi connectivity index (χ0) is 34.2. The Labute approximate surface area is 288 Å². The molecule has 0 saturated carbocycles. The number of hydrogen-bond donors (Lipinski definition) is 2. The summed E-state index contributed by atoms with van der Waals surface area (Å²) in [5.41, 5.74) is 1.95. The normalized spacial score (nSPS) is 15.0.